The molecular formula is C21H19F2N5O2. The number of rotatable bonds is 3. The zero-order valence-electron chi connectivity index (χ0n) is 16.2. The highest BCUT2D eigenvalue weighted by atomic mass is 19.2. The first-order valence-electron chi connectivity index (χ1n) is 9.73. The number of hydrogen-bond donors (Lipinski definition) is 1. The topological polar surface area (TPSA) is 78.4 Å². The molecular weight excluding hydrogens is 392 g/mol. The third-order valence-corrected chi connectivity index (χ3v) is 5.99. The largest absolute Gasteiger partial charge is 0.334 e. The number of fused-ring (bicyclic) bond motifs is 3. The van der Waals surface area contributed by atoms with Gasteiger partial charge in [0.05, 0.1) is 18.3 Å². The molecule has 3 aliphatic rings. The van der Waals surface area contributed by atoms with Crippen LogP contribution in [0.25, 0.3) is 5.57 Å². The summed E-state index contributed by atoms with van der Waals surface area (Å²) < 4.78 is 27.7. The minimum Gasteiger partial charge on any atom is -0.334 e. The van der Waals surface area contributed by atoms with Crippen molar-refractivity contribution in [3.8, 4) is 0 Å². The minimum atomic E-state index is -1.00. The van der Waals surface area contributed by atoms with Crippen molar-refractivity contribution in [1.82, 2.24) is 19.8 Å². The Morgan fingerprint density at radius 1 is 1.27 bits per heavy atom. The normalized spacial score (nSPS) is 22.1. The fourth-order valence-electron chi connectivity index (χ4n) is 4.46. The van der Waals surface area contributed by atoms with Crippen molar-refractivity contribution in [1.29, 1.82) is 0 Å². The Kier molecular flexibility index (Phi) is 4.27. The predicted molar refractivity (Wildman–Crippen MR) is 104 cm³/mol. The van der Waals surface area contributed by atoms with Crippen LogP contribution in [-0.2, 0) is 11.3 Å². The van der Waals surface area contributed by atoms with Crippen molar-refractivity contribution in [2.24, 2.45) is 5.92 Å². The first-order valence-corrected chi connectivity index (χ1v) is 9.73. The number of hydrogen-bond acceptors (Lipinski definition) is 4. The van der Waals surface area contributed by atoms with Crippen LogP contribution in [-0.4, -0.2) is 50.8 Å². The van der Waals surface area contributed by atoms with Crippen LogP contribution in [0.3, 0.4) is 0 Å². The van der Waals surface area contributed by atoms with Gasteiger partial charge in [0.15, 0.2) is 11.6 Å². The van der Waals surface area contributed by atoms with Crippen molar-refractivity contribution >= 4 is 23.2 Å². The van der Waals surface area contributed by atoms with E-state index in [1.165, 1.54) is 11.0 Å². The van der Waals surface area contributed by atoms with Crippen LogP contribution in [0.1, 0.15) is 23.4 Å². The van der Waals surface area contributed by atoms with E-state index in [0.717, 1.165) is 23.6 Å². The summed E-state index contributed by atoms with van der Waals surface area (Å²) >= 11 is 0. The van der Waals surface area contributed by atoms with E-state index < -0.39 is 17.7 Å². The van der Waals surface area contributed by atoms with Crippen molar-refractivity contribution in [2.45, 2.75) is 25.9 Å². The molecule has 2 atom stereocenters. The summed E-state index contributed by atoms with van der Waals surface area (Å²) in [7, 11) is 0. The number of halogens is 2. The van der Waals surface area contributed by atoms with Crippen LogP contribution in [0, 0.1) is 24.5 Å². The monoisotopic (exact) mass is 411 g/mol. The summed E-state index contributed by atoms with van der Waals surface area (Å²) in [6.45, 7) is 2.04. The van der Waals surface area contributed by atoms with E-state index >= 15 is 0 Å². The van der Waals surface area contributed by atoms with E-state index in [2.05, 4.69) is 21.4 Å². The lowest BCUT2D eigenvalue weighted by Crippen LogP contribution is -2.47. The SMILES string of the molecule is Cc1ncc(C2=CC3CC2CN3C(=O)CN2Cc3c(ccc(F)c3F)NC2=O)cn1. The molecule has 1 aromatic heterocycles. The van der Waals surface area contributed by atoms with Gasteiger partial charge in [0.1, 0.15) is 12.4 Å². The second-order valence-corrected chi connectivity index (χ2v) is 7.86. The highest BCUT2D eigenvalue weighted by Gasteiger charge is 2.42. The van der Waals surface area contributed by atoms with Crippen LogP contribution < -0.4 is 5.32 Å². The zero-order valence-corrected chi connectivity index (χ0v) is 16.2. The Morgan fingerprint density at radius 2 is 2.03 bits per heavy atom. The van der Waals surface area contributed by atoms with Gasteiger partial charge in [-0.25, -0.2) is 23.5 Å². The lowest BCUT2D eigenvalue weighted by atomic mass is 9.97. The van der Waals surface area contributed by atoms with Gasteiger partial charge in [-0.2, -0.15) is 0 Å². The van der Waals surface area contributed by atoms with Crippen molar-refractivity contribution < 1.29 is 18.4 Å². The van der Waals surface area contributed by atoms with Crippen molar-refractivity contribution in [3.63, 3.8) is 0 Å². The molecule has 30 heavy (non-hydrogen) atoms. The molecule has 5 rings (SSSR count). The fraction of sp³-hybridized carbons (Fsp3) is 0.333. The zero-order chi connectivity index (χ0) is 21.0. The van der Waals surface area contributed by atoms with Gasteiger partial charge in [0.2, 0.25) is 5.91 Å². The van der Waals surface area contributed by atoms with Gasteiger partial charge in [0.25, 0.3) is 0 Å². The maximum absolute atomic E-state index is 14.1. The first-order chi connectivity index (χ1) is 14.4. The van der Waals surface area contributed by atoms with Gasteiger partial charge in [-0.1, -0.05) is 6.08 Å². The number of nitrogens with zero attached hydrogens (tertiary/aromatic N) is 4. The number of aryl methyl sites for hydroxylation is 1. The summed E-state index contributed by atoms with van der Waals surface area (Å²) in [6.07, 6.45) is 6.47. The van der Waals surface area contributed by atoms with Crippen LogP contribution in [0.5, 0.6) is 0 Å². The number of urea groups is 1. The molecule has 7 nitrogen and oxygen atoms in total. The minimum absolute atomic E-state index is 0.0480. The molecule has 2 aromatic rings. The number of nitrogens with one attached hydrogen (secondary N) is 1. The second-order valence-electron chi connectivity index (χ2n) is 7.86. The average Bonchev–Trinajstić information content (AvgIpc) is 3.34. The molecule has 2 aliphatic heterocycles. The third kappa shape index (κ3) is 3.01. The van der Waals surface area contributed by atoms with Crippen LogP contribution >= 0.6 is 0 Å². The van der Waals surface area contributed by atoms with Gasteiger partial charge >= 0.3 is 6.03 Å². The second kappa shape index (κ2) is 6.86. The smallest absolute Gasteiger partial charge is 0.322 e. The molecule has 3 heterocycles. The summed E-state index contributed by atoms with van der Waals surface area (Å²) in [5, 5.41) is 2.52. The molecule has 1 N–H and O–H groups in total. The molecule has 2 bridgehead atoms. The van der Waals surface area contributed by atoms with E-state index in [1.807, 2.05) is 6.92 Å². The molecule has 0 spiro atoms. The molecule has 0 saturated carbocycles. The maximum atomic E-state index is 14.1. The number of amides is 3. The molecule has 2 unspecified atom stereocenters. The van der Waals surface area contributed by atoms with Gasteiger partial charge < -0.3 is 15.1 Å². The summed E-state index contributed by atoms with van der Waals surface area (Å²) in [6, 6.07) is 1.75. The number of benzene rings is 1. The summed E-state index contributed by atoms with van der Waals surface area (Å²) in [4.78, 5) is 36.6. The predicted octanol–water partition coefficient (Wildman–Crippen LogP) is 2.73. The van der Waals surface area contributed by atoms with E-state index in [-0.39, 0.29) is 42.2 Å². The van der Waals surface area contributed by atoms with Gasteiger partial charge in [0, 0.05) is 36.0 Å². The fourth-order valence-corrected chi connectivity index (χ4v) is 4.46. The molecule has 3 amide bonds. The number of likely N-dealkylation sites (tertiary alicyclic amines) is 1. The Bertz CT molecular complexity index is 1090. The average molecular weight is 411 g/mol. The van der Waals surface area contributed by atoms with Crippen molar-refractivity contribution in [3.05, 3.63) is 59.2 Å². The highest BCUT2D eigenvalue weighted by Crippen LogP contribution is 2.42. The number of anilines is 1. The Morgan fingerprint density at radius 3 is 2.73 bits per heavy atom. The number of aromatic nitrogens is 2. The molecule has 9 heteroatoms. The molecule has 0 radical (unpaired) electrons. The summed E-state index contributed by atoms with van der Waals surface area (Å²) in [5.74, 6) is -1.29. The number of carbonyl (C=O) groups is 2. The van der Waals surface area contributed by atoms with E-state index in [1.54, 1.807) is 17.3 Å². The Hall–Kier alpha value is -3.36. The Labute approximate surface area is 171 Å². The van der Waals surface area contributed by atoms with E-state index in [4.69, 9.17) is 0 Å². The number of carbonyl (C=O) groups excluding carboxylic acids is 2. The first kappa shape index (κ1) is 18.7. The standard InChI is InChI=1S/C21H19F2N5O2/c1-11-24-6-13(7-25-11)15-5-14-4-12(15)8-28(14)19(29)10-27-9-16-18(26-21(27)30)3-2-17(22)20(16)23/h2-3,5-7,12,14H,4,8-10H2,1H3,(H,26,30). The molecule has 1 fully saturated rings. The van der Waals surface area contributed by atoms with Crippen LogP contribution in [0.4, 0.5) is 19.3 Å². The van der Waals surface area contributed by atoms with E-state index in [0.29, 0.717) is 12.4 Å². The lowest BCUT2D eigenvalue weighted by molar-refractivity contribution is -0.132. The molecule has 1 aromatic carbocycles. The molecule has 1 aliphatic carbocycles. The van der Waals surface area contributed by atoms with Gasteiger partial charge in [-0.15, -0.1) is 0 Å². The Balaban J connectivity index is 1.30. The van der Waals surface area contributed by atoms with Crippen LogP contribution in [0.15, 0.2) is 30.6 Å². The van der Waals surface area contributed by atoms with Gasteiger partial charge in [-0.05, 0) is 31.1 Å². The maximum Gasteiger partial charge on any atom is 0.322 e. The molecule has 154 valence electrons. The molecule has 1 saturated heterocycles. The van der Waals surface area contributed by atoms with Crippen LogP contribution in [0.2, 0.25) is 0 Å². The quantitative estimate of drug-likeness (QED) is 0.843. The lowest BCUT2D eigenvalue weighted by Gasteiger charge is -2.32. The van der Waals surface area contributed by atoms with Gasteiger partial charge in [-0.3, -0.25) is 4.79 Å². The summed E-state index contributed by atoms with van der Waals surface area (Å²) in [5.41, 5.74) is 2.39. The van der Waals surface area contributed by atoms with E-state index in [9.17, 15) is 18.4 Å². The third-order valence-electron chi connectivity index (χ3n) is 5.99. The van der Waals surface area contributed by atoms with Crippen molar-refractivity contribution in [2.75, 3.05) is 18.4 Å². The highest BCUT2D eigenvalue weighted by molar-refractivity contribution is 5.95.